The number of carbonyl (C=O) groups excluding carboxylic acids is 1. The maximum Gasteiger partial charge on any atom is 0.223 e. The maximum absolute atomic E-state index is 12.5. The number of carbonyl (C=O) groups is 1. The fourth-order valence-corrected chi connectivity index (χ4v) is 3.99. The number of aromatic nitrogens is 2. The third-order valence-corrected chi connectivity index (χ3v) is 5.64. The molecule has 6 heteroatoms. The van der Waals surface area contributed by atoms with E-state index in [2.05, 4.69) is 61.2 Å². The third-order valence-electron chi connectivity index (χ3n) is 5.15. The Bertz CT molecular complexity index is 960. The summed E-state index contributed by atoms with van der Waals surface area (Å²) >= 11 is 3.49. The van der Waals surface area contributed by atoms with Crippen LogP contribution in [0.25, 0.3) is 11.0 Å². The summed E-state index contributed by atoms with van der Waals surface area (Å²) in [7, 11) is 0. The molecule has 0 unspecified atom stereocenters. The normalized spacial score (nSPS) is 15.3. The smallest absolute Gasteiger partial charge is 0.223 e. The van der Waals surface area contributed by atoms with Gasteiger partial charge in [-0.15, -0.1) is 0 Å². The van der Waals surface area contributed by atoms with Crippen LogP contribution in [0.1, 0.15) is 24.0 Å². The second-order valence-electron chi connectivity index (χ2n) is 7.19. The number of anilines is 1. The molecule has 1 fully saturated rings. The van der Waals surface area contributed by atoms with E-state index in [1.54, 1.807) is 0 Å². The van der Waals surface area contributed by atoms with Crippen molar-refractivity contribution < 1.29 is 4.79 Å². The van der Waals surface area contributed by atoms with E-state index < -0.39 is 0 Å². The van der Waals surface area contributed by atoms with E-state index in [4.69, 9.17) is 0 Å². The molecule has 2 N–H and O–H groups in total. The Balaban J connectivity index is 1.33. The average molecular weight is 427 g/mol. The number of halogens is 1. The number of piperidine rings is 1. The fourth-order valence-electron chi connectivity index (χ4n) is 3.63. The number of rotatable bonds is 4. The zero-order chi connectivity index (χ0) is 18.8. The number of imidazole rings is 1. The zero-order valence-corrected chi connectivity index (χ0v) is 16.9. The van der Waals surface area contributed by atoms with E-state index in [-0.39, 0.29) is 11.8 Å². The Kier molecular flexibility index (Phi) is 5.16. The van der Waals surface area contributed by atoms with Crippen molar-refractivity contribution in [3.63, 3.8) is 0 Å². The van der Waals surface area contributed by atoms with Crippen molar-refractivity contribution in [1.82, 2.24) is 15.3 Å². The number of nitrogens with one attached hydrogen (secondary N) is 2. The van der Waals surface area contributed by atoms with Gasteiger partial charge >= 0.3 is 0 Å². The van der Waals surface area contributed by atoms with Crippen LogP contribution < -0.4 is 10.2 Å². The van der Waals surface area contributed by atoms with Crippen LogP contribution in [0.3, 0.4) is 0 Å². The summed E-state index contributed by atoms with van der Waals surface area (Å²) in [6.45, 7) is 4.34. The number of H-pyrrole nitrogens is 1. The van der Waals surface area contributed by atoms with Crippen molar-refractivity contribution >= 4 is 38.8 Å². The molecule has 0 atom stereocenters. The molecule has 1 aliphatic rings. The number of aryl methyl sites for hydroxylation is 1. The molecule has 1 aromatic heterocycles. The van der Waals surface area contributed by atoms with Crippen molar-refractivity contribution in [2.45, 2.75) is 26.3 Å². The minimum absolute atomic E-state index is 0.0737. The standard InChI is InChI=1S/C21H23BrN4O/c1-14-3-2-4-15(11-14)13-23-20(27)16-7-9-26(10-8-16)21-24-18-6-5-17(22)12-19(18)25-21/h2-6,11-12,16H,7-10,13H2,1H3,(H,23,27)(H,24,25). The molecule has 27 heavy (non-hydrogen) atoms. The second-order valence-corrected chi connectivity index (χ2v) is 8.11. The molecule has 2 heterocycles. The fraction of sp³-hybridized carbons (Fsp3) is 0.333. The van der Waals surface area contributed by atoms with Crippen LogP contribution in [0.4, 0.5) is 5.95 Å². The maximum atomic E-state index is 12.5. The quantitative estimate of drug-likeness (QED) is 0.657. The third kappa shape index (κ3) is 4.16. The zero-order valence-electron chi connectivity index (χ0n) is 15.3. The van der Waals surface area contributed by atoms with Gasteiger partial charge in [0.1, 0.15) is 0 Å². The Hall–Kier alpha value is -2.34. The first kappa shape index (κ1) is 18.0. The largest absolute Gasteiger partial charge is 0.352 e. The summed E-state index contributed by atoms with van der Waals surface area (Å²) in [5, 5.41) is 3.09. The van der Waals surface area contributed by atoms with Crippen LogP contribution in [-0.2, 0) is 11.3 Å². The molecule has 1 aliphatic heterocycles. The summed E-state index contributed by atoms with van der Waals surface area (Å²) in [6.07, 6.45) is 1.70. The van der Waals surface area contributed by atoms with Gasteiger partial charge in [-0.2, -0.15) is 0 Å². The van der Waals surface area contributed by atoms with Gasteiger partial charge in [-0.1, -0.05) is 45.8 Å². The molecule has 0 spiro atoms. The van der Waals surface area contributed by atoms with Crippen LogP contribution in [0, 0.1) is 12.8 Å². The highest BCUT2D eigenvalue weighted by atomic mass is 79.9. The Morgan fingerprint density at radius 3 is 2.85 bits per heavy atom. The second kappa shape index (κ2) is 7.72. The Labute approximate surface area is 167 Å². The molecule has 3 aromatic rings. The van der Waals surface area contributed by atoms with E-state index in [1.165, 1.54) is 5.56 Å². The molecule has 0 aliphatic carbocycles. The summed E-state index contributed by atoms with van der Waals surface area (Å²) in [5.41, 5.74) is 4.35. The first-order valence-electron chi connectivity index (χ1n) is 9.32. The number of hydrogen-bond donors (Lipinski definition) is 2. The van der Waals surface area contributed by atoms with E-state index in [0.717, 1.165) is 52.9 Å². The van der Waals surface area contributed by atoms with Crippen molar-refractivity contribution in [3.05, 3.63) is 58.1 Å². The SMILES string of the molecule is Cc1cccc(CNC(=O)C2CCN(c3nc4ccc(Br)cc4[nH]3)CC2)c1. The number of aromatic amines is 1. The van der Waals surface area contributed by atoms with Gasteiger partial charge in [-0.05, 0) is 43.5 Å². The molecular weight excluding hydrogens is 404 g/mol. The minimum Gasteiger partial charge on any atom is -0.352 e. The van der Waals surface area contributed by atoms with E-state index in [9.17, 15) is 4.79 Å². The lowest BCUT2D eigenvalue weighted by Crippen LogP contribution is -2.40. The van der Waals surface area contributed by atoms with Gasteiger partial charge in [0.15, 0.2) is 0 Å². The molecule has 140 valence electrons. The van der Waals surface area contributed by atoms with Crippen molar-refractivity contribution in [2.24, 2.45) is 5.92 Å². The lowest BCUT2D eigenvalue weighted by molar-refractivity contribution is -0.125. The van der Waals surface area contributed by atoms with Gasteiger partial charge in [-0.3, -0.25) is 4.79 Å². The summed E-state index contributed by atoms with van der Waals surface area (Å²) < 4.78 is 1.04. The van der Waals surface area contributed by atoms with Crippen LogP contribution in [0.5, 0.6) is 0 Å². The molecule has 0 saturated carbocycles. The van der Waals surface area contributed by atoms with Gasteiger partial charge in [0.2, 0.25) is 11.9 Å². The molecule has 0 bridgehead atoms. The van der Waals surface area contributed by atoms with Crippen LogP contribution in [-0.4, -0.2) is 29.0 Å². The van der Waals surface area contributed by atoms with Gasteiger partial charge in [0.25, 0.3) is 0 Å². The number of benzene rings is 2. The molecule has 1 amide bonds. The van der Waals surface area contributed by atoms with Crippen LogP contribution in [0.2, 0.25) is 0 Å². The molecule has 5 nitrogen and oxygen atoms in total. The number of nitrogens with zero attached hydrogens (tertiary/aromatic N) is 2. The molecule has 4 rings (SSSR count). The molecule has 1 saturated heterocycles. The van der Waals surface area contributed by atoms with Crippen molar-refractivity contribution in [2.75, 3.05) is 18.0 Å². The summed E-state index contributed by atoms with van der Waals surface area (Å²) in [6, 6.07) is 14.3. The number of fused-ring (bicyclic) bond motifs is 1. The summed E-state index contributed by atoms with van der Waals surface area (Å²) in [5.74, 6) is 1.12. The van der Waals surface area contributed by atoms with Gasteiger partial charge in [0, 0.05) is 30.0 Å². The van der Waals surface area contributed by atoms with E-state index in [1.807, 2.05) is 24.3 Å². The van der Waals surface area contributed by atoms with Crippen molar-refractivity contribution in [3.8, 4) is 0 Å². The Morgan fingerprint density at radius 1 is 1.26 bits per heavy atom. The van der Waals surface area contributed by atoms with Crippen molar-refractivity contribution in [1.29, 1.82) is 0 Å². The lowest BCUT2D eigenvalue weighted by atomic mass is 9.96. The number of amides is 1. The van der Waals surface area contributed by atoms with E-state index in [0.29, 0.717) is 6.54 Å². The molecular formula is C21H23BrN4O. The topological polar surface area (TPSA) is 61.0 Å². The Morgan fingerprint density at radius 2 is 2.07 bits per heavy atom. The molecule has 2 aromatic carbocycles. The van der Waals surface area contributed by atoms with Crippen LogP contribution >= 0.6 is 15.9 Å². The number of hydrogen-bond acceptors (Lipinski definition) is 3. The molecule has 0 radical (unpaired) electrons. The van der Waals surface area contributed by atoms with Gasteiger partial charge < -0.3 is 15.2 Å². The lowest BCUT2D eigenvalue weighted by Gasteiger charge is -2.31. The predicted molar refractivity (Wildman–Crippen MR) is 112 cm³/mol. The van der Waals surface area contributed by atoms with E-state index >= 15 is 0 Å². The minimum atomic E-state index is 0.0737. The first-order chi connectivity index (χ1) is 13.1. The first-order valence-corrected chi connectivity index (χ1v) is 10.1. The highest BCUT2D eigenvalue weighted by Gasteiger charge is 2.26. The van der Waals surface area contributed by atoms with Crippen LogP contribution in [0.15, 0.2) is 46.9 Å². The van der Waals surface area contributed by atoms with Gasteiger partial charge in [-0.25, -0.2) is 4.98 Å². The summed E-state index contributed by atoms with van der Waals surface area (Å²) in [4.78, 5) is 22.8. The highest BCUT2D eigenvalue weighted by molar-refractivity contribution is 9.10. The average Bonchev–Trinajstić information content (AvgIpc) is 3.09. The van der Waals surface area contributed by atoms with Gasteiger partial charge in [0.05, 0.1) is 11.0 Å². The monoisotopic (exact) mass is 426 g/mol. The predicted octanol–water partition coefficient (Wildman–Crippen LogP) is 4.17. The highest BCUT2D eigenvalue weighted by Crippen LogP contribution is 2.25.